The van der Waals surface area contributed by atoms with Gasteiger partial charge in [0.15, 0.2) is 5.96 Å². The summed E-state index contributed by atoms with van der Waals surface area (Å²) >= 11 is 0. The van der Waals surface area contributed by atoms with Crippen molar-refractivity contribution in [1.29, 1.82) is 0 Å². The molecule has 1 unspecified atom stereocenters. The fourth-order valence-electron chi connectivity index (χ4n) is 3.07. The summed E-state index contributed by atoms with van der Waals surface area (Å²) in [5, 5.41) is 3.41. The number of H-pyrrole nitrogens is 1. The molecule has 134 valence electrons. The lowest BCUT2D eigenvalue weighted by molar-refractivity contribution is 0.0191. The van der Waals surface area contributed by atoms with Crippen LogP contribution in [0.15, 0.2) is 41.5 Å². The maximum atomic E-state index is 5.77. The molecule has 1 aliphatic heterocycles. The summed E-state index contributed by atoms with van der Waals surface area (Å²) < 4.78 is 5.77. The first-order valence-electron chi connectivity index (χ1n) is 8.89. The highest BCUT2D eigenvalue weighted by molar-refractivity contribution is 5.79. The van der Waals surface area contributed by atoms with E-state index < -0.39 is 0 Å². The van der Waals surface area contributed by atoms with Crippen LogP contribution in [-0.4, -0.2) is 54.2 Å². The molecule has 25 heavy (non-hydrogen) atoms. The van der Waals surface area contributed by atoms with E-state index in [4.69, 9.17) is 4.74 Å². The molecule has 0 amide bonds. The van der Waals surface area contributed by atoms with Gasteiger partial charge in [-0.3, -0.25) is 4.99 Å². The molecule has 6 heteroatoms. The number of imidazole rings is 1. The number of aromatic amines is 1. The van der Waals surface area contributed by atoms with Crippen molar-refractivity contribution in [3.05, 3.63) is 42.4 Å². The van der Waals surface area contributed by atoms with Crippen LogP contribution in [0.25, 0.3) is 11.3 Å². The fraction of sp³-hybridized carbons (Fsp3) is 0.474. The number of benzene rings is 1. The monoisotopic (exact) mass is 341 g/mol. The second-order valence-electron chi connectivity index (χ2n) is 6.38. The summed E-state index contributed by atoms with van der Waals surface area (Å²) in [7, 11) is 3.82. The van der Waals surface area contributed by atoms with Crippen molar-refractivity contribution < 1.29 is 4.74 Å². The molecular weight excluding hydrogens is 314 g/mol. The van der Waals surface area contributed by atoms with E-state index in [1.54, 1.807) is 7.05 Å². The van der Waals surface area contributed by atoms with Crippen LogP contribution in [0.4, 0.5) is 0 Å². The van der Waals surface area contributed by atoms with Crippen LogP contribution in [-0.2, 0) is 11.3 Å². The summed E-state index contributed by atoms with van der Waals surface area (Å²) in [6.07, 6.45) is 5.70. The third-order valence-electron chi connectivity index (χ3n) is 4.44. The average Bonchev–Trinajstić information content (AvgIpc) is 3.12. The summed E-state index contributed by atoms with van der Waals surface area (Å²) in [6, 6.07) is 10.2. The Labute approximate surface area is 149 Å². The Kier molecular flexibility index (Phi) is 6.06. The largest absolute Gasteiger partial charge is 0.376 e. The lowest BCUT2D eigenvalue weighted by Crippen LogP contribution is -2.43. The zero-order chi connectivity index (χ0) is 17.5. The van der Waals surface area contributed by atoms with Gasteiger partial charge in [-0.25, -0.2) is 4.98 Å². The molecule has 0 radical (unpaired) electrons. The molecule has 2 N–H and O–H groups in total. The molecule has 2 aromatic rings. The van der Waals surface area contributed by atoms with Crippen LogP contribution in [0.1, 0.15) is 25.1 Å². The number of ether oxygens (including phenoxy) is 1. The number of rotatable bonds is 5. The van der Waals surface area contributed by atoms with Gasteiger partial charge in [0.25, 0.3) is 0 Å². The molecule has 1 saturated heterocycles. The topological polar surface area (TPSA) is 65.5 Å². The van der Waals surface area contributed by atoms with Crippen LogP contribution >= 0.6 is 0 Å². The number of nitrogens with zero attached hydrogens (tertiary/aromatic N) is 3. The molecule has 0 saturated carbocycles. The van der Waals surface area contributed by atoms with E-state index in [1.807, 2.05) is 31.4 Å². The lowest BCUT2D eigenvalue weighted by atomic mass is 10.1. The number of nitrogens with one attached hydrogen (secondary N) is 2. The molecule has 1 aromatic carbocycles. The van der Waals surface area contributed by atoms with Gasteiger partial charge in [-0.1, -0.05) is 30.3 Å². The highest BCUT2D eigenvalue weighted by Crippen LogP contribution is 2.16. The first kappa shape index (κ1) is 17.5. The highest BCUT2D eigenvalue weighted by Gasteiger charge is 2.16. The van der Waals surface area contributed by atoms with Crippen LogP contribution in [0, 0.1) is 0 Å². The molecule has 1 atom stereocenters. The van der Waals surface area contributed by atoms with Crippen LogP contribution < -0.4 is 5.32 Å². The lowest BCUT2D eigenvalue weighted by Gasteiger charge is -2.26. The van der Waals surface area contributed by atoms with E-state index in [0.29, 0.717) is 6.54 Å². The smallest absolute Gasteiger partial charge is 0.193 e. The van der Waals surface area contributed by atoms with Crippen molar-refractivity contribution in [2.45, 2.75) is 31.9 Å². The quantitative estimate of drug-likeness (QED) is 0.648. The Morgan fingerprint density at radius 1 is 1.36 bits per heavy atom. The van der Waals surface area contributed by atoms with E-state index in [0.717, 1.165) is 42.6 Å². The zero-order valence-electron chi connectivity index (χ0n) is 15.0. The molecule has 2 heterocycles. The van der Waals surface area contributed by atoms with Gasteiger partial charge in [0.05, 0.1) is 24.5 Å². The summed E-state index contributed by atoms with van der Waals surface area (Å²) in [5.74, 6) is 1.77. The maximum Gasteiger partial charge on any atom is 0.193 e. The van der Waals surface area contributed by atoms with Gasteiger partial charge in [0.1, 0.15) is 5.82 Å². The van der Waals surface area contributed by atoms with Gasteiger partial charge in [-0.15, -0.1) is 0 Å². The maximum absolute atomic E-state index is 5.77. The number of hydrogen-bond acceptors (Lipinski definition) is 3. The molecule has 3 rings (SSSR count). The van der Waals surface area contributed by atoms with Crippen LogP contribution in [0.2, 0.25) is 0 Å². The van der Waals surface area contributed by atoms with Crippen molar-refractivity contribution in [3.63, 3.8) is 0 Å². The SMILES string of the molecule is CN=C(NCC1CCCCO1)N(C)Cc1ncc(-c2ccccc2)[nH]1. The predicted molar refractivity (Wildman–Crippen MR) is 100 cm³/mol. The molecule has 0 bridgehead atoms. The van der Waals surface area contributed by atoms with Crippen molar-refractivity contribution in [2.24, 2.45) is 4.99 Å². The predicted octanol–water partition coefficient (Wildman–Crippen LogP) is 2.65. The normalized spacial score (nSPS) is 18.2. The third kappa shape index (κ3) is 4.82. The molecule has 0 spiro atoms. The summed E-state index contributed by atoms with van der Waals surface area (Å²) in [5.41, 5.74) is 2.17. The molecular formula is C19H27N5O. The number of aromatic nitrogens is 2. The molecule has 6 nitrogen and oxygen atoms in total. The summed E-state index contributed by atoms with van der Waals surface area (Å²) in [4.78, 5) is 14.3. The highest BCUT2D eigenvalue weighted by atomic mass is 16.5. The Balaban J connectivity index is 1.55. The number of guanidine groups is 1. The van der Waals surface area contributed by atoms with Gasteiger partial charge in [0.2, 0.25) is 0 Å². The van der Waals surface area contributed by atoms with E-state index in [9.17, 15) is 0 Å². The Morgan fingerprint density at radius 2 is 2.20 bits per heavy atom. The van der Waals surface area contributed by atoms with Crippen molar-refractivity contribution >= 4 is 5.96 Å². The Bertz CT molecular complexity index is 676. The van der Waals surface area contributed by atoms with Gasteiger partial charge in [0, 0.05) is 27.2 Å². The second-order valence-corrected chi connectivity index (χ2v) is 6.38. The van der Waals surface area contributed by atoms with E-state index in [1.165, 1.54) is 12.8 Å². The number of aliphatic imine (C=N–C) groups is 1. The summed E-state index contributed by atoms with van der Waals surface area (Å²) in [6.45, 7) is 2.33. The van der Waals surface area contributed by atoms with E-state index in [2.05, 4.69) is 37.3 Å². The molecule has 0 aliphatic carbocycles. The van der Waals surface area contributed by atoms with Crippen molar-refractivity contribution in [3.8, 4) is 11.3 Å². The first-order chi connectivity index (χ1) is 12.3. The van der Waals surface area contributed by atoms with Crippen LogP contribution in [0.5, 0.6) is 0 Å². The Morgan fingerprint density at radius 3 is 2.92 bits per heavy atom. The van der Waals surface area contributed by atoms with Crippen molar-refractivity contribution in [1.82, 2.24) is 20.2 Å². The van der Waals surface area contributed by atoms with E-state index >= 15 is 0 Å². The van der Waals surface area contributed by atoms with Gasteiger partial charge in [-0.05, 0) is 24.8 Å². The van der Waals surface area contributed by atoms with Crippen molar-refractivity contribution in [2.75, 3.05) is 27.2 Å². The average molecular weight is 341 g/mol. The van der Waals surface area contributed by atoms with Gasteiger partial charge in [-0.2, -0.15) is 0 Å². The molecule has 1 aromatic heterocycles. The fourth-order valence-corrected chi connectivity index (χ4v) is 3.07. The molecule has 1 aliphatic rings. The van der Waals surface area contributed by atoms with Gasteiger partial charge < -0.3 is 19.9 Å². The minimum absolute atomic E-state index is 0.284. The zero-order valence-corrected chi connectivity index (χ0v) is 15.0. The minimum atomic E-state index is 0.284. The minimum Gasteiger partial charge on any atom is -0.376 e. The van der Waals surface area contributed by atoms with Crippen LogP contribution in [0.3, 0.4) is 0 Å². The van der Waals surface area contributed by atoms with Gasteiger partial charge >= 0.3 is 0 Å². The van der Waals surface area contributed by atoms with E-state index in [-0.39, 0.29) is 6.10 Å². The standard InChI is InChI=1S/C19H27N5O/c1-20-19(22-12-16-10-6-7-11-25-16)24(2)14-18-21-13-17(23-18)15-8-4-3-5-9-15/h3-5,8-9,13,16H,6-7,10-12,14H2,1-2H3,(H,20,22)(H,21,23). The third-order valence-corrected chi connectivity index (χ3v) is 4.44. The number of hydrogen-bond donors (Lipinski definition) is 2. The molecule has 1 fully saturated rings. The first-order valence-corrected chi connectivity index (χ1v) is 8.89. The Hall–Kier alpha value is -2.34. The second kappa shape index (κ2) is 8.67.